The molecule has 1 aliphatic heterocycles. The van der Waals surface area contributed by atoms with Crippen LogP contribution in [0.2, 0.25) is 5.02 Å². The van der Waals surface area contributed by atoms with Crippen molar-refractivity contribution < 1.29 is 13.9 Å². The van der Waals surface area contributed by atoms with Crippen molar-refractivity contribution in [2.45, 2.75) is 18.9 Å². The first kappa shape index (κ1) is 15.7. The predicted molar refractivity (Wildman–Crippen MR) is 85.0 cm³/mol. The second kappa shape index (κ2) is 6.96. The topological polar surface area (TPSA) is 42.4 Å². The van der Waals surface area contributed by atoms with Gasteiger partial charge >= 0.3 is 0 Å². The van der Waals surface area contributed by atoms with Gasteiger partial charge in [0.05, 0.1) is 13.0 Å². The zero-order valence-electron chi connectivity index (χ0n) is 12.4. The number of rotatable bonds is 4. The molecule has 0 radical (unpaired) electrons. The van der Waals surface area contributed by atoms with Crippen molar-refractivity contribution in [1.29, 1.82) is 0 Å². The van der Waals surface area contributed by atoms with Crippen LogP contribution in [-0.4, -0.2) is 35.0 Å². The van der Waals surface area contributed by atoms with E-state index in [1.54, 1.807) is 29.3 Å². The minimum absolute atomic E-state index is 0.0172. The lowest BCUT2D eigenvalue weighted by molar-refractivity contribution is -0.129. The highest BCUT2D eigenvalue weighted by Gasteiger charge is 2.27. The Kier molecular flexibility index (Phi) is 4.76. The molecule has 6 heteroatoms. The van der Waals surface area contributed by atoms with E-state index in [-0.39, 0.29) is 24.2 Å². The molecular weight excluding hydrogens is 319 g/mol. The maximum atomic E-state index is 12.9. The smallest absolute Gasteiger partial charge is 0.227 e. The SMILES string of the molecule is O=C(Cc1ccc(F)cc1)N1CC[C@@H](Oc2ccncc2Cl)C1. The van der Waals surface area contributed by atoms with Gasteiger partial charge in [0.2, 0.25) is 5.91 Å². The third-order valence-corrected chi connectivity index (χ3v) is 4.08. The van der Waals surface area contributed by atoms with Crippen LogP contribution in [0, 0.1) is 5.82 Å². The number of halogens is 2. The molecule has 1 saturated heterocycles. The molecule has 1 amide bonds. The fourth-order valence-corrected chi connectivity index (χ4v) is 2.74. The lowest BCUT2D eigenvalue weighted by atomic mass is 10.1. The van der Waals surface area contributed by atoms with E-state index in [1.165, 1.54) is 18.3 Å². The van der Waals surface area contributed by atoms with Gasteiger partial charge in [0.1, 0.15) is 22.7 Å². The number of aromatic nitrogens is 1. The van der Waals surface area contributed by atoms with Crippen LogP contribution >= 0.6 is 11.6 Å². The van der Waals surface area contributed by atoms with Crippen LogP contribution in [0.15, 0.2) is 42.7 Å². The number of carbonyl (C=O) groups excluding carboxylic acids is 1. The molecule has 4 nitrogen and oxygen atoms in total. The van der Waals surface area contributed by atoms with Crippen LogP contribution in [0.1, 0.15) is 12.0 Å². The summed E-state index contributed by atoms with van der Waals surface area (Å²) in [7, 11) is 0. The van der Waals surface area contributed by atoms with E-state index >= 15 is 0 Å². The molecule has 0 N–H and O–H groups in total. The van der Waals surface area contributed by atoms with Crippen molar-refractivity contribution in [3.8, 4) is 5.75 Å². The molecular formula is C17H16ClFN2O2. The highest BCUT2D eigenvalue weighted by Crippen LogP contribution is 2.25. The number of ether oxygens (including phenoxy) is 1. The Balaban J connectivity index is 1.55. The van der Waals surface area contributed by atoms with E-state index in [9.17, 15) is 9.18 Å². The molecule has 0 saturated carbocycles. The molecule has 2 aromatic rings. The lowest BCUT2D eigenvalue weighted by Crippen LogP contribution is -2.32. The fourth-order valence-electron chi connectivity index (χ4n) is 2.58. The summed E-state index contributed by atoms with van der Waals surface area (Å²) in [4.78, 5) is 18.0. The van der Waals surface area contributed by atoms with Gasteiger partial charge in [0, 0.05) is 31.4 Å². The Morgan fingerprint density at radius 3 is 2.87 bits per heavy atom. The fraction of sp³-hybridized carbons (Fsp3) is 0.294. The summed E-state index contributed by atoms with van der Waals surface area (Å²) in [6.07, 6.45) is 4.10. The monoisotopic (exact) mass is 334 g/mol. The molecule has 0 bridgehead atoms. The molecule has 0 unspecified atom stereocenters. The van der Waals surface area contributed by atoms with E-state index in [0.29, 0.717) is 23.9 Å². The predicted octanol–water partition coefficient (Wildman–Crippen LogP) is 3.10. The van der Waals surface area contributed by atoms with E-state index in [2.05, 4.69) is 4.98 Å². The van der Waals surface area contributed by atoms with E-state index in [4.69, 9.17) is 16.3 Å². The zero-order chi connectivity index (χ0) is 16.2. The molecule has 1 aliphatic rings. The summed E-state index contributed by atoms with van der Waals surface area (Å²) >= 11 is 6.02. The average Bonchev–Trinajstić information content (AvgIpc) is 3.01. The van der Waals surface area contributed by atoms with Crippen molar-refractivity contribution in [1.82, 2.24) is 9.88 Å². The molecule has 120 valence electrons. The minimum atomic E-state index is -0.301. The Hall–Kier alpha value is -2.14. The van der Waals surface area contributed by atoms with E-state index < -0.39 is 0 Å². The first-order valence-electron chi connectivity index (χ1n) is 7.40. The highest BCUT2D eigenvalue weighted by atomic mass is 35.5. The molecule has 0 spiro atoms. The molecule has 0 aliphatic carbocycles. The normalized spacial score (nSPS) is 17.3. The van der Waals surface area contributed by atoms with E-state index in [0.717, 1.165) is 12.0 Å². The van der Waals surface area contributed by atoms with Gasteiger partial charge in [-0.1, -0.05) is 23.7 Å². The van der Waals surface area contributed by atoms with Crippen LogP contribution in [0.5, 0.6) is 5.75 Å². The quantitative estimate of drug-likeness (QED) is 0.863. The highest BCUT2D eigenvalue weighted by molar-refractivity contribution is 6.31. The third-order valence-electron chi connectivity index (χ3n) is 3.80. The molecule has 23 heavy (non-hydrogen) atoms. The second-order valence-electron chi connectivity index (χ2n) is 5.48. The molecule has 1 aromatic heterocycles. The summed E-state index contributed by atoms with van der Waals surface area (Å²) < 4.78 is 18.7. The number of nitrogens with zero attached hydrogens (tertiary/aromatic N) is 2. The Bertz CT molecular complexity index is 693. The van der Waals surface area contributed by atoms with Gasteiger partial charge in [-0.2, -0.15) is 0 Å². The summed E-state index contributed by atoms with van der Waals surface area (Å²) in [5.41, 5.74) is 0.804. The number of carbonyl (C=O) groups is 1. The maximum Gasteiger partial charge on any atom is 0.227 e. The molecule has 1 aromatic carbocycles. The van der Waals surface area contributed by atoms with Gasteiger partial charge < -0.3 is 9.64 Å². The first-order chi connectivity index (χ1) is 11.1. The van der Waals surface area contributed by atoms with Gasteiger partial charge in [0.25, 0.3) is 0 Å². The third kappa shape index (κ3) is 3.99. The van der Waals surface area contributed by atoms with Gasteiger partial charge in [-0.15, -0.1) is 0 Å². The Labute approximate surface area is 138 Å². The van der Waals surface area contributed by atoms with Gasteiger partial charge in [-0.05, 0) is 17.7 Å². The summed E-state index contributed by atoms with van der Waals surface area (Å²) in [5.74, 6) is 0.299. The van der Waals surface area contributed by atoms with Crippen molar-refractivity contribution in [2.24, 2.45) is 0 Å². The number of benzene rings is 1. The second-order valence-corrected chi connectivity index (χ2v) is 5.88. The number of hydrogen-bond donors (Lipinski definition) is 0. The zero-order valence-corrected chi connectivity index (χ0v) is 13.2. The standard InChI is InChI=1S/C17H16ClFN2O2/c18-15-10-20-7-5-16(15)23-14-6-8-21(11-14)17(22)9-12-1-3-13(19)4-2-12/h1-5,7,10,14H,6,8-9,11H2/t14-/m1/s1. The molecule has 2 heterocycles. The van der Waals surface area contributed by atoms with Crippen LogP contribution in [0.4, 0.5) is 4.39 Å². The summed E-state index contributed by atoms with van der Waals surface area (Å²) in [6, 6.07) is 7.71. The largest absolute Gasteiger partial charge is 0.487 e. The van der Waals surface area contributed by atoms with Crippen LogP contribution in [0.3, 0.4) is 0 Å². The Morgan fingerprint density at radius 1 is 1.35 bits per heavy atom. The van der Waals surface area contributed by atoms with Crippen molar-refractivity contribution in [2.75, 3.05) is 13.1 Å². The molecule has 1 fully saturated rings. The van der Waals surface area contributed by atoms with Crippen LogP contribution in [-0.2, 0) is 11.2 Å². The lowest BCUT2D eigenvalue weighted by Gasteiger charge is -2.17. The molecule has 3 rings (SSSR count). The van der Waals surface area contributed by atoms with Gasteiger partial charge in [0.15, 0.2) is 0 Å². The first-order valence-corrected chi connectivity index (χ1v) is 7.78. The van der Waals surface area contributed by atoms with Gasteiger partial charge in [-0.3, -0.25) is 9.78 Å². The van der Waals surface area contributed by atoms with E-state index in [1.807, 2.05) is 0 Å². The summed E-state index contributed by atoms with van der Waals surface area (Å²) in [6.45, 7) is 1.17. The average molecular weight is 335 g/mol. The molecule has 1 atom stereocenters. The van der Waals surface area contributed by atoms with Gasteiger partial charge in [-0.25, -0.2) is 4.39 Å². The van der Waals surface area contributed by atoms with Crippen molar-refractivity contribution in [3.63, 3.8) is 0 Å². The maximum absolute atomic E-state index is 12.9. The van der Waals surface area contributed by atoms with Crippen molar-refractivity contribution in [3.05, 3.63) is 59.1 Å². The number of hydrogen-bond acceptors (Lipinski definition) is 3. The Morgan fingerprint density at radius 2 is 2.13 bits per heavy atom. The number of likely N-dealkylation sites (tertiary alicyclic amines) is 1. The van der Waals surface area contributed by atoms with Crippen molar-refractivity contribution >= 4 is 17.5 Å². The van der Waals surface area contributed by atoms with Crippen LogP contribution < -0.4 is 4.74 Å². The minimum Gasteiger partial charge on any atom is -0.487 e. The van der Waals surface area contributed by atoms with Crippen LogP contribution in [0.25, 0.3) is 0 Å². The number of amides is 1. The number of pyridine rings is 1. The summed E-state index contributed by atoms with van der Waals surface area (Å²) in [5, 5.41) is 0.462.